The zero-order valence-corrected chi connectivity index (χ0v) is 12.2. The average Bonchev–Trinajstić information content (AvgIpc) is 2.46. The largest absolute Gasteiger partial charge is 0.340 e. The zero-order chi connectivity index (χ0) is 13.2. The van der Waals surface area contributed by atoms with Crippen molar-refractivity contribution in [2.75, 3.05) is 5.32 Å². The van der Waals surface area contributed by atoms with E-state index < -0.39 is 0 Å². The van der Waals surface area contributed by atoms with Gasteiger partial charge in [-0.25, -0.2) is 0 Å². The number of halogens is 1. The minimum atomic E-state index is 0.825. The van der Waals surface area contributed by atoms with Crippen molar-refractivity contribution < 1.29 is 0 Å². The normalized spacial score (nSPS) is 12.9. The first-order valence-electron chi connectivity index (χ1n) is 5.81. The van der Waals surface area contributed by atoms with Crippen LogP contribution in [0.1, 0.15) is 16.7 Å². The van der Waals surface area contributed by atoms with Crippen LogP contribution in [0.2, 0.25) is 0 Å². The van der Waals surface area contributed by atoms with E-state index in [0.29, 0.717) is 0 Å². The summed E-state index contributed by atoms with van der Waals surface area (Å²) in [6.07, 6.45) is 5.42. The second-order valence-corrected chi connectivity index (χ2v) is 5.43. The SMILES string of the molecule is C#Cc1cccc(C2=N[CH]c3cc(I)ccc3N2)c1. The number of rotatable bonds is 1. The average molecular weight is 357 g/mol. The molecule has 1 heterocycles. The van der Waals surface area contributed by atoms with Crippen LogP contribution in [-0.4, -0.2) is 5.84 Å². The van der Waals surface area contributed by atoms with Crippen molar-refractivity contribution in [3.05, 3.63) is 69.3 Å². The van der Waals surface area contributed by atoms with E-state index in [1.54, 1.807) is 0 Å². The number of fused-ring (bicyclic) bond motifs is 1. The highest BCUT2D eigenvalue weighted by Gasteiger charge is 2.13. The molecule has 3 rings (SSSR count). The number of hydrogen-bond donors (Lipinski definition) is 1. The van der Waals surface area contributed by atoms with E-state index in [2.05, 4.69) is 57.0 Å². The molecule has 0 atom stereocenters. The quantitative estimate of drug-likeness (QED) is 0.612. The fourth-order valence-corrected chi connectivity index (χ4v) is 2.47. The van der Waals surface area contributed by atoms with Gasteiger partial charge in [-0.1, -0.05) is 18.1 Å². The Balaban J connectivity index is 1.95. The molecule has 2 nitrogen and oxygen atoms in total. The lowest BCUT2D eigenvalue weighted by Gasteiger charge is -2.18. The summed E-state index contributed by atoms with van der Waals surface area (Å²) in [4.78, 5) is 4.47. The van der Waals surface area contributed by atoms with Crippen LogP contribution in [0, 0.1) is 22.5 Å². The van der Waals surface area contributed by atoms with Gasteiger partial charge in [-0.15, -0.1) is 6.42 Å². The summed E-state index contributed by atoms with van der Waals surface area (Å²) >= 11 is 2.29. The summed E-state index contributed by atoms with van der Waals surface area (Å²) in [6, 6.07) is 14.0. The van der Waals surface area contributed by atoms with Gasteiger partial charge in [0.15, 0.2) is 0 Å². The maximum absolute atomic E-state index is 5.42. The molecular formula is C16H10IN2. The minimum Gasteiger partial charge on any atom is -0.340 e. The van der Waals surface area contributed by atoms with Crippen LogP contribution in [0.25, 0.3) is 0 Å². The van der Waals surface area contributed by atoms with Gasteiger partial charge in [0.25, 0.3) is 0 Å². The molecule has 0 aromatic heterocycles. The third kappa shape index (κ3) is 2.49. The molecule has 19 heavy (non-hydrogen) atoms. The predicted octanol–water partition coefficient (Wildman–Crippen LogP) is 3.65. The van der Waals surface area contributed by atoms with Crippen LogP contribution in [0.15, 0.2) is 47.5 Å². The molecule has 0 saturated carbocycles. The topological polar surface area (TPSA) is 24.4 Å². The lowest BCUT2D eigenvalue weighted by molar-refractivity contribution is 1.28. The highest BCUT2D eigenvalue weighted by Crippen LogP contribution is 2.25. The van der Waals surface area contributed by atoms with Gasteiger partial charge in [-0.3, -0.25) is 4.99 Å². The minimum absolute atomic E-state index is 0.825. The lowest BCUT2D eigenvalue weighted by Crippen LogP contribution is -2.18. The molecule has 1 aliphatic rings. The van der Waals surface area contributed by atoms with Crippen LogP contribution in [0.3, 0.4) is 0 Å². The molecule has 3 heteroatoms. The van der Waals surface area contributed by atoms with Gasteiger partial charge in [-0.05, 0) is 52.9 Å². The van der Waals surface area contributed by atoms with Crippen LogP contribution in [0.4, 0.5) is 5.69 Å². The second kappa shape index (κ2) is 5.06. The molecular weight excluding hydrogens is 347 g/mol. The third-order valence-electron chi connectivity index (χ3n) is 2.90. The molecule has 2 aromatic rings. The monoisotopic (exact) mass is 357 g/mol. The summed E-state index contributed by atoms with van der Waals surface area (Å²) in [7, 11) is 0. The molecule has 0 bridgehead atoms. The molecule has 0 spiro atoms. The van der Waals surface area contributed by atoms with Crippen molar-refractivity contribution in [3.63, 3.8) is 0 Å². The summed E-state index contributed by atoms with van der Waals surface area (Å²) in [6.45, 7) is 1.88. The van der Waals surface area contributed by atoms with E-state index in [0.717, 1.165) is 28.2 Å². The van der Waals surface area contributed by atoms with Crippen LogP contribution in [0.5, 0.6) is 0 Å². The number of terminal acetylenes is 1. The molecule has 1 radical (unpaired) electrons. The number of nitrogens with one attached hydrogen (secondary N) is 1. The Hall–Kier alpha value is -1.80. The maximum atomic E-state index is 5.42. The van der Waals surface area contributed by atoms with E-state index in [9.17, 15) is 0 Å². The molecule has 1 N–H and O–H groups in total. The van der Waals surface area contributed by atoms with E-state index in [4.69, 9.17) is 6.42 Å². The number of aliphatic imine (C=N–C) groups is 1. The van der Waals surface area contributed by atoms with E-state index in [-0.39, 0.29) is 0 Å². The summed E-state index contributed by atoms with van der Waals surface area (Å²) in [5.41, 5.74) is 4.02. The molecule has 2 aromatic carbocycles. The first-order chi connectivity index (χ1) is 9.26. The zero-order valence-electron chi connectivity index (χ0n) is 10.0. The maximum Gasteiger partial charge on any atom is 0.133 e. The Morgan fingerprint density at radius 3 is 2.89 bits per heavy atom. The Kier molecular flexibility index (Phi) is 3.26. The lowest BCUT2D eigenvalue weighted by atomic mass is 10.1. The van der Waals surface area contributed by atoms with Crippen molar-refractivity contribution in [1.29, 1.82) is 0 Å². The van der Waals surface area contributed by atoms with Gasteiger partial charge in [0.1, 0.15) is 12.4 Å². The molecule has 91 valence electrons. The number of nitrogens with zero attached hydrogens (tertiary/aromatic N) is 1. The summed E-state index contributed by atoms with van der Waals surface area (Å²) < 4.78 is 1.20. The Morgan fingerprint density at radius 2 is 2.05 bits per heavy atom. The predicted molar refractivity (Wildman–Crippen MR) is 87.1 cm³/mol. The van der Waals surface area contributed by atoms with Crippen molar-refractivity contribution in [3.8, 4) is 12.3 Å². The fraction of sp³-hybridized carbons (Fsp3) is 0. The van der Waals surface area contributed by atoms with Gasteiger partial charge >= 0.3 is 0 Å². The number of hydrogen-bond acceptors (Lipinski definition) is 2. The number of anilines is 1. The van der Waals surface area contributed by atoms with E-state index in [1.807, 2.05) is 30.8 Å². The molecule has 0 aliphatic carbocycles. The van der Waals surface area contributed by atoms with Crippen molar-refractivity contribution in [2.45, 2.75) is 0 Å². The molecule has 0 fully saturated rings. The highest BCUT2D eigenvalue weighted by atomic mass is 127. The number of benzene rings is 2. The molecule has 0 unspecified atom stereocenters. The van der Waals surface area contributed by atoms with Crippen LogP contribution in [-0.2, 0) is 0 Å². The van der Waals surface area contributed by atoms with Gasteiger partial charge in [0.2, 0.25) is 0 Å². The summed E-state index contributed by atoms with van der Waals surface area (Å²) in [5, 5.41) is 3.34. The van der Waals surface area contributed by atoms with Crippen molar-refractivity contribution in [2.24, 2.45) is 4.99 Å². The first-order valence-corrected chi connectivity index (χ1v) is 6.89. The van der Waals surface area contributed by atoms with Gasteiger partial charge in [0, 0.05) is 25.9 Å². The van der Waals surface area contributed by atoms with Gasteiger partial charge in [-0.2, -0.15) is 0 Å². The first kappa shape index (κ1) is 12.2. The number of amidine groups is 1. The smallest absolute Gasteiger partial charge is 0.133 e. The van der Waals surface area contributed by atoms with Crippen molar-refractivity contribution >= 4 is 34.1 Å². The third-order valence-corrected chi connectivity index (χ3v) is 3.57. The highest BCUT2D eigenvalue weighted by molar-refractivity contribution is 14.1. The Morgan fingerprint density at radius 1 is 1.16 bits per heavy atom. The van der Waals surface area contributed by atoms with Gasteiger partial charge in [0.05, 0.1) is 0 Å². The summed E-state index contributed by atoms with van der Waals surface area (Å²) in [5.74, 6) is 3.46. The van der Waals surface area contributed by atoms with Crippen LogP contribution >= 0.6 is 22.6 Å². The van der Waals surface area contributed by atoms with E-state index in [1.165, 1.54) is 3.57 Å². The van der Waals surface area contributed by atoms with Gasteiger partial charge < -0.3 is 5.32 Å². The van der Waals surface area contributed by atoms with Crippen molar-refractivity contribution in [1.82, 2.24) is 0 Å². The molecule has 0 saturated heterocycles. The van der Waals surface area contributed by atoms with Crippen LogP contribution < -0.4 is 5.32 Å². The second-order valence-electron chi connectivity index (χ2n) is 4.19. The Labute approximate surface area is 126 Å². The molecule has 0 amide bonds. The molecule has 1 aliphatic heterocycles. The standard InChI is InChI=1S/C16H10IN2/c1-2-11-4-3-5-12(8-11)16-18-10-13-9-14(17)6-7-15(13)19-16/h1,3-10H,(H,18,19). The fourth-order valence-electron chi connectivity index (χ4n) is 1.95. The Bertz CT molecular complexity index is 711. The van der Waals surface area contributed by atoms with E-state index >= 15 is 0 Å².